The van der Waals surface area contributed by atoms with Crippen LogP contribution in [-0.4, -0.2) is 29.9 Å². The van der Waals surface area contributed by atoms with E-state index in [-0.39, 0.29) is 17.5 Å². The number of fused-ring (bicyclic) bond motifs is 2. The molecule has 2 heterocycles. The van der Waals surface area contributed by atoms with Crippen LogP contribution in [0.2, 0.25) is 0 Å². The Morgan fingerprint density at radius 2 is 1.72 bits per heavy atom. The van der Waals surface area contributed by atoms with Gasteiger partial charge in [0.05, 0.1) is 12.7 Å². The predicted octanol–water partition coefficient (Wildman–Crippen LogP) is 5.34. The third-order valence-corrected chi connectivity index (χ3v) is 6.25. The molecular formula is C23H24F3NO2. The lowest BCUT2D eigenvalue weighted by Gasteiger charge is -2.38. The lowest BCUT2D eigenvalue weighted by Crippen LogP contribution is -2.44. The maximum absolute atomic E-state index is 13.1. The number of piperidine rings is 1. The largest absolute Gasteiger partial charge is 0.496 e. The number of alkyl halides is 3. The summed E-state index contributed by atoms with van der Waals surface area (Å²) < 4.78 is 44.2. The third kappa shape index (κ3) is 4.04. The number of Topliss-reactive ketones (excluding diaryl/α,β-unsaturated/α-hetero) is 1. The van der Waals surface area contributed by atoms with Crippen molar-refractivity contribution in [2.75, 3.05) is 7.11 Å². The minimum absolute atomic E-state index is 0.0757. The van der Waals surface area contributed by atoms with Gasteiger partial charge in [0.2, 0.25) is 0 Å². The molecule has 0 aliphatic carbocycles. The lowest BCUT2D eigenvalue weighted by atomic mass is 9.84. The third-order valence-electron chi connectivity index (χ3n) is 6.25. The first-order valence-electron chi connectivity index (χ1n) is 9.96. The molecule has 2 bridgehead atoms. The number of ketones is 1. The first kappa shape index (κ1) is 20.0. The molecule has 154 valence electrons. The monoisotopic (exact) mass is 403 g/mol. The number of carbonyl (C=O) groups excluding carboxylic acids is 1. The van der Waals surface area contributed by atoms with Crippen LogP contribution in [0.5, 0.6) is 5.75 Å². The van der Waals surface area contributed by atoms with Crippen molar-refractivity contribution >= 4 is 5.78 Å². The van der Waals surface area contributed by atoms with Gasteiger partial charge in [-0.3, -0.25) is 9.69 Å². The fourth-order valence-electron chi connectivity index (χ4n) is 4.86. The second kappa shape index (κ2) is 7.82. The van der Waals surface area contributed by atoms with Gasteiger partial charge in [-0.25, -0.2) is 0 Å². The fourth-order valence-corrected chi connectivity index (χ4v) is 4.86. The van der Waals surface area contributed by atoms with Crippen LogP contribution >= 0.6 is 0 Å². The van der Waals surface area contributed by atoms with Crippen LogP contribution in [0.15, 0.2) is 48.5 Å². The van der Waals surface area contributed by atoms with E-state index in [0.29, 0.717) is 17.6 Å². The molecule has 29 heavy (non-hydrogen) atoms. The van der Waals surface area contributed by atoms with Crippen molar-refractivity contribution in [1.82, 2.24) is 4.90 Å². The molecule has 4 rings (SSSR count). The summed E-state index contributed by atoms with van der Waals surface area (Å²) in [6.45, 7) is 0.880. The molecule has 0 spiro atoms. The van der Waals surface area contributed by atoms with E-state index in [1.165, 1.54) is 24.8 Å². The maximum atomic E-state index is 13.1. The first-order chi connectivity index (χ1) is 13.9. The van der Waals surface area contributed by atoms with Crippen molar-refractivity contribution in [3.8, 4) is 5.75 Å². The molecule has 6 heteroatoms. The molecule has 0 aromatic heterocycles. The van der Waals surface area contributed by atoms with Crippen LogP contribution in [0.1, 0.15) is 47.2 Å². The Morgan fingerprint density at radius 3 is 2.31 bits per heavy atom. The van der Waals surface area contributed by atoms with Gasteiger partial charge in [-0.05, 0) is 43.4 Å². The van der Waals surface area contributed by atoms with Crippen molar-refractivity contribution < 1.29 is 22.7 Å². The zero-order valence-corrected chi connectivity index (χ0v) is 16.3. The topological polar surface area (TPSA) is 29.5 Å². The van der Waals surface area contributed by atoms with Gasteiger partial charge in [-0.2, -0.15) is 13.2 Å². The van der Waals surface area contributed by atoms with Gasteiger partial charge in [0.25, 0.3) is 0 Å². The quantitative estimate of drug-likeness (QED) is 0.631. The number of rotatable bonds is 5. The molecule has 2 aromatic rings. The van der Waals surface area contributed by atoms with E-state index in [2.05, 4.69) is 17.0 Å². The zero-order chi connectivity index (χ0) is 20.6. The summed E-state index contributed by atoms with van der Waals surface area (Å²) in [5.41, 5.74) is 0.715. The Balaban J connectivity index is 1.49. The van der Waals surface area contributed by atoms with Gasteiger partial charge >= 0.3 is 6.18 Å². The van der Waals surface area contributed by atoms with E-state index in [9.17, 15) is 18.0 Å². The molecule has 3 nitrogen and oxygen atoms in total. The molecule has 2 aromatic carbocycles. The molecule has 0 amide bonds. The highest BCUT2D eigenvalue weighted by Crippen LogP contribution is 2.42. The van der Waals surface area contributed by atoms with E-state index < -0.39 is 11.7 Å². The molecule has 0 radical (unpaired) electrons. The lowest BCUT2D eigenvalue weighted by molar-refractivity contribution is -0.138. The standard InChI is InChI=1S/C23H24F3NO2/c1-29-21-13-16(7-10-20(21)23(24,25)26)22(28)17-11-18-8-9-19(12-17)27(18)14-15-5-3-2-4-6-15/h2-7,10,13,17-19H,8-9,11-12,14H2,1H3. The summed E-state index contributed by atoms with van der Waals surface area (Å²) in [7, 11) is 1.20. The molecular weight excluding hydrogens is 379 g/mol. The summed E-state index contributed by atoms with van der Waals surface area (Å²) in [6, 6.07) is 14.5. The van der Waals surface area contributed by atoms with E-state index >= 15 is 0 Å². The second-order valence-electron chi connectivity index (χ2n) is 7.99. The molecule has 2 fully saturated rings. The van der Waals surface area contributed by atoms with Crippen molar-refractivity contribution in [3.05, 3.63) is 65.2 Å². The van der Waals surface area contributed by atoms with Crippen molar-refractivity contribution in [3.63, 3.8) is 0 Å². The van der Waals surface area contributed by atoms with Crippen LogP contribution < -0.4 is 4.74 Å². The van der Waals surface area contributed by atoms with Crippen molar-refractivity contribution in [2.24, 2.45) is 5.92 Å². The van der Waals surface area contributed by atoms with E-state index in [1.54, 1.807) is 0 Å². The number of nitrogens with zero attached hydrogens (tertiary/aromatic N) is 1. The Morgan fingerprint density at radius 1 is 1.07 bits per heavy atom. The molecule has 2 saturated heterocycles. The fraction of sp³-hybridized carbons (Fsp3) is 0.435. The van der Waals surface area contributed by atoms with E-state index in [1.807, 2.05) is 18.2 Å². The van der Waals surface area contributed by atoms with Crippen molar-refractivity contribution in [2.45, 2.75) is 50.5 Å². The molecule has 2 aliphatic heterocycles. The summed E-state index contributed by atoms with van der Waals surface area (Å²) in [5, 5.41) is 0. The van der Waals surface area contributed by atoms with Gasteiger partial charge in [0.15, 0.2) is 5.78 Å². The second-order valence-corrected chi connectivity index (χ2v) is 7.99. The number of hydrogen-bond acceptors (Lipinski definition) is 3. The summed E-state index contributed by atoms with van der Waals surface area (Å²) in [5.74, 6) is -0.526. The van der Waals surface area contributed by atoms with E-state index in [0.717, 1.165) is 38.3 Å². The average molecular weight is 403 g/mol. The van der Waals surface area contributed by atoms with E-state index in [4.69, 9.17) is 4.74 Å². The van der Waals surface area contributed by atoms with Crippen LogP contribution in [0.4, 0.5) is 13.2 Å². The molecule has 2 unspecified atom stereocenters. The average Bonchev–Trinajstić information content (AvgIpc) is 2.94. The summed E-state index contributed by atoms with van der Waals surface area (Å²) in [6.07, 6.45) is -0.860. The van der Waals surface area contributed by atoms with Crippen LogP contribution in [-0.2, 0) is 12.7 Å². The Labute approximate surface area is 168 Å². The zero-order valence-electron chi connectivity index (χ0n) is 16.3. The predicted molar refractivity (Wildman–Crippen MR) is 104 cm³/mol. The number of carbonyl (C=O) groups is 1. The normalized spacial score (nSPS) is 24.5. The Kier molecular flexibility index (Phi) is 5.38. The van der Waals surface area contributed by atoms with Crippen LogP contribution in [0.25, 0.3) is 0 Å². The van der Waals surface area contributed by atoms with Gasteiger partial charge < -0.3 is 4.74 Å². The molecule has 0 saturated carbocycles. The number of methoxy groups -OCH3 is 1. The van der Waals surface area contributed by atoms with Crippen LogP contribution in [0, 0.1) is 5.92 Å². The Bertz CT molecular complexity index is 867. The molecule has 2 atom stereocenters. The minimum atomic E-state index is -4.51. The maximum Gasteiger partial charge on any atom is 0.419 e. The number of hydrogen-bond donors (Lipinski definition) is 0. The number of ether oxygens (including phenoxy) is 1. The number of halogens is 3. The molecule has 0 N–H and O–H groups in total. The highest BCUT2D eigenvalue weighted by atomic mass is 19.4. The summed E-state index contributed by atoms with van der Waals surface area (Å²) >= 11 is 0. The first-order valence-corrected chi connectivity index (χ1v) is 9.96. The van der Waals surface area contributed by atoms with Gasteiger partial charge in [0.1, 0.15) is 5.75 Å². The van der Waals surface area contributed by atoms with Crippen molar-refractivity contribution in [1.29, 1.82) is 0 Å². The Hall–Kier alpha value is -2.34. The van der Waals surface area contributed by atoms with Gasteiger partial charge in [0, 0.05) is 30.1 Å². The van der Waals surface area contributed by atoms with Gasteiger partial charge in [-0.1, -0.05) is 36.4 Å². The highest BCUT2D eigenvalue weighted by Gasteiger charge is 2.43. The van der Waals surface area contributed by atoms with Crippen LogP contribution in [0.3, 0.4) is 0 Å². The molecule has 2 aliphatic rings. The number of benzene rings is 2. The van der Waals surface area contributed by atoms with Gasteiger partial charge in [-0.15, -0.1) is 0 Å². The smallest absolute Gasteiger partial charge is 0.419 e. The SMILES string of the molecule is COc1cc(C(=O)C2CC3CCC(C2)N3Cc2ccccc2)ccc1C(F)(F)F. The minimum Gasteiger partial charge on any atom is -0.496 e. The summed E-state index contributed by atoms with van der Waals surface area (Å²) in [4.78, 5) is 15.5. The highest BCUT2D eigenvalue weighted by molar-refractivity contribution is 5.98.